The summed E-state index contributed by atoms with van der Waals surface area (Å²) in [4.78, 5) is 0. The van der Waals surface area contributed by atoms with Gasteiger partial charge in [0.05, 0.1) is 0 Å². The van der Waals surface area contributed by atoms with Crippen molar-refractivity contribution >= 4 is 6.08 Å². The van der Waals surface area contributed by atoms with Crippen LogP contribution in [0.25, 0.3) is 17.2 Å². The van der Waals surface area contributed by atoms with Crippen LogP contribution in [0.3, 0.4) is 0 Å². The lowest BCUT2D eigenvalue weighted by Gasteiger charge is -2.28. The SMILES string of the molecule is C=C1C=CC(C)C(=C)C1CC1=Cc2cccc(-c3cc(C)cc(C)c3CC3CC[C@H](C(=C)C)C3)c2C1. The molecule has 0 aliphatic heterocycles. The van der Waals surface area contributed by atoms with Crippen LogP contribution < -0.4 is 0 Å². The molecular formula is C36H42. The Morgan fingerprint density at radius 1 is 1.03 bits per heavy atom. The van der Waals surface area contributed by atoms with Gasteiger partial charge in [-0.1, -0.05) is 97.5 Å². The van der Waals surface area contributed by atoms with Crippen LogP contribution in [0.15, 0.2) is 84.5 Å². The van der Waals surface area contributed by atoms with E-state index in [0.29, 0.717) is 17.8 Å². The highest BCUT2D eigenvalue weighted by molar-refractivity contribution is 5.80. The second-order valence-electron chi connectivity index (χ2n) is 11.9. The van der Waals surface area contributed by atoms with Crippen molar-refractivity contribution < 1.29 is 0 Å². The van der Waals surface area contributed by atoms with Gasteiger partial charge in [-0.3, -0.25) is 0 Å². The van der Waals surface area contributed by atoms with Crippen molar-refractivity contribution in [3.8, 4) is 11.1 Å². The van der Waals surface area contributed by atoms with E-state index in [1.54, 1.807) is 5.56 Å². The number of rotatable bonds is 6. The Hall–Kier alpha value is -2.86. The number of hydrogen-bond acceptors (Lipinski definition) is 0. The molecular weight excluding hydrogens is 432 g/mol. The van der Waals surface area contributed by atoms with Gasteiger partial charge in [0, 0.05) is 5.92 Å². The predicted molar refractivity (Wildman–Crippen MR) is 157 cm³/mol. The van der Waals surface area contributed by atoms with Crippen LogP contribution in [0.2, 0.25) is 0 Å². The number of benzene rings is 2. The first-order valence-corrected chi connectivity index (χ1v) is 13.8. The lowest BCUT2D eigenvalue weighted by atomic mass is 9.77. The zero-order valence-electron chi connectivity index (χ0n) is 22.8. The molecule has 5 rings (SSSR count). The summed E-state index contributed by atoms with van der Waals surface area (Å²) < 4.78 is 0. The van der Waals surface area contributed by atoms with Crippen molar-refractivity contribution in [3.05, 3.63) is 112 Å². The molecule has 2 aromatic carbocycles. The monoisotopic (exact) mass is 474 g/mol. The fourth-order valence-electron chi connectivity index (χ4n) is 6.91. The summed E-state index contributed by atoms with van der Waals surface area (Å²) >= 11 is 0. The minimum absolute atomic E-state index is 0.356. The lowest BCUT2D eigenvalue weighted by Crippen LogP contribution is -2.15. The Bertz CT molecular complexity index is 1290. The molecule has 2 aromatic rings. The van der Waals surface area contributed by atoms with Gasteiger partial charge in [0.25, 0.3) is 0 Å². The minimum Gasteiger partial charge on any atom is -0.0999 e. The third-order valence-electron chi connectivity index (χ3n) is 9.16. The molecule has 0 N–H and O–H groups in total. The Balaban J connectivity index is 1.44. The molecule has 0 amide bonds. The van der Waals surface area contributed by atoms with Crippen LogP contribution in [-0.4, -0.2) is 0 Å². The third kappa shape index (κ3) is 4.75. The maximum atomic E-state index is 4.43. The molecule has 0 heteroatoms. The van der Waals surface area contributed by atoms with Crippen molar-refractivity contribution in [2.45, 2.75) is 66.2 Å². The molecule has 0 nitrogen and oxygen atoms in total. The average Bonchev–Trinajstić information content (AvgIpc) is 3.47. The van der Waals surface area contributed by atoms with Crippen LogP contribution in [0.4, 0.5) is 0 Å². The number of aryl methyl sites for hydroxylation is 2. The van der Waals surface area contributed by atoms with Gasteiger partial charge >= 0.3 is 0 Å². The number of allylic oxidation sites excluding steroid dienone is 6. The second-order valence-corrected chi connectivity index (χ2v) is 11.9. The zero-order chi connectivity index (χ0) is 25.6. The lowest BCUT2D eigenvalue weighted by molar-refractivity contribution is 0.522. The van der Waals surface area contributed by atoms with Crippen LogP contribution >= 0.6 is 0 Å². The van der Waals surface area contributed by atoms with E-state index in [9.17, 15) is 0 Å². The summed E-state index contributed by atoms with van der Waals surface area (Å²) in [6.45, 7) is 22.1. The summed E-state index contributed by atoms with van der Waals surface area (Å²) in [6.07, 6.45) is 14.1. The predicted octanol–water partition coefficient (Wildman–Crippen LogP) is 9.77. The van der Waals surface area contributed by atoms with Gasteiger partial charge in [0.2, 0.25) is 0 Å². The molecule has 1 saturated carbocycles. The fourth-order valence-corrected chi connectivity index (χ4v) is 6.91. The zero-order valence-corrected chi connectivity index (χ0v) is 22.8. The van der Waals surface area contributed by atoms with E-state index in [1.807, 2.05) is 0 Å². The first kappa shape index (κ1) is 24.8. The molecule has 0 saturated heterocycles. The average molecular weight is 475 g/mol. The van der Waals surface area contributed by atoms with Gasteiger partial charge in [-0.05, 0) is 116 Å². The molecule has 36 heavy (non-hydrogen) atoms. The largest absolute Gasteiger partial charge is 0.0999 e. The van der Waals surface area contributed by atoms with E-state index in [2.05, 4.69) is 96.0 Å². The standard InChI is InChI=1S/C36H42/c1-22(2)30-14-13-28(17-30)19-34-26(6)15-23(3)16-36(34)32-10-8-9-31-18-29(21-35(31)32)20-33-25(5)12-11-24(4)27(33)7/h8-12,15-16,18,24,28,30,33H,1,5,7,13-14,17,19-21H2,2-4,6H3/t24?,28?,30-,33?/m0/s1. The molecule has 186 valence electrons. The highest BCUT2D eigenvalue weighted by atomic mass is 14.3. The van der Waals surface area contributed by atoms with Gasteiger partial charge < -0.3 is 0 Å². The molecule has 3 aliphatic carbocycles. The molecule has 0 aromatic heterocycles. The van der Waals surface area contributed by atoms with Crippen molar-refractivity contribution in [1.82, 2.24) is 0 Å². The first-order chi connectivity index (χ1) is 17.2. The molecule has 1 fully saturated rings. The van der Waals surface area contributed by atoms with Gasteiger partial charge in [-0.15, -0.1) is 0 Å². The summed E-state index contributed by atoms with van der Waals surface area (Å²) in [5.74, 6) is 2.25. The molecule has 0 radical (unpaired) electrons. The molecule has 3 aliphatic rings. The third-order valence-corrected chi connectivity index (χ3v) is 9.16. The van der Waals surface area contributed by atoms with Gasteiger partial charge in [-0.25, -0.2) is 0 Å². The fraction of sp³-hybridized carbons (Fsp3) is 0.389. The summed E-state index contributed by atoms with van der Waals surface area (Å²) in [5.41, 5.74) is 15.5. The number of fused-ring (bicyclic) bond motifs is 1. The van der Waals surface area contributed by atoms with Gasteiger partial charge in [-0.2, -0.15) is 0 Å². The van der Waals surface area contributed by atoms with Crippen LogP contribution in [0, 0.1) is 37.5 Å². The van der Waals surface area contributed by atoms with Gasteiger partial charge in [0.1, 0.15) is 0 Å². The highest BCUT2D eigenvalue weighted by Gasteiger charge is 2.29. The van der Waals surface area contributed by atoms with Crippen molar-refractivity contribution in [1.29, 1.82) is 0 Å². The van der Waals surface area contributed by atoms with Crippen LogP contribution in [0.5, 0.6) is 0 Å². The Morgan fingerprint density at radius 3 is 2.58 bits per heavy atom. The molecule has 3 unspecified atom stereocenters. The van der Waals surface area contributed by atoms with Crippen LogP contribution in [-0.2, 0) is 12.8 Å². The molecule has 0 bridgehead atoms. The van der Waals surface area contributed by atoms with E-state index in [1.165, 1.54) is 81.4 Å². The molecule has 0 spiro atoms. The maximum absolute atomic E-state index is 4.43. The van der Waals surface area contributed by atoms with E-state index in [-0.39, 0.29) is 0 Å². The Labute approximate surface area is 219 Å². The smallest absolute Gasteiger partial charge is 0.00826 e. The van der Waals surface area contributed by atoms with E-state index in [4.69, 9.17) is 0 Å². The van der Waals surface area contributed by atoms with Crippen molar-refractivity contribution in [2.24, 2.45) is 23.7 Å². The summed E-state index contributed by atoms with van der Waals surface area (Å²) in [5, 5.41) is 0. The van der Waals surface area contributed by atoms with Crippen LogP contribution in [0.1, 0.15) is 67.3 Å². The summed E-state index contributed by atoms with van der Waals surface area (Å²) in [7, 11) is 0. The van der Waals surface area contributed by atoms with E-state index >= 15 is 0 Å². The van der Waals surface area contributed by atoms with Gasteiger partial charge in [0.15, 0.2) is 0 Å². The van der Waals surface area contributed by atoms with Crippen molar-refractivity contribution in [3.63, 3.8) is 0 Å². The Morgan fingerprint density at radius 2 is 1.83 bits per heavy atom. The topological polar surface area (TPSA) is 0 Å². The molecule has 4 atom stereocenters. The van der Waals surface area contributed by atoms with E-state index in [0.717, 1.165) is 18.8 Å². The highest BCUT2D eigenvalue weighted by Crippen LogP contribution is 2.43. The van der Waals surface area contributed by atoms with E-state index < -0.39 is 0 Å². The minimum atomic E-state index is 0.356. The normalized spacial score (nSPS) is 25.3. The molecule has 0 heterocycles. The second kappa shape index (κ2) is 9.89. The maximum Gasteiger partial charge on any atom is 0.00826 e. The number of hydrogen-bond donors (Lipinski definition) is 0. The summed E-state index contributed by atoms with van der Waals surface area (Å²) in [6, 6.07) is 11.7. The Kier molecular flexibility index (Phi) is 6.82. The first-order valence-electron chi connectivity index (χ1n) is 13.8. The quantitative estimate of drug-likeness (QED) is 0.365. The van der Waals surface area contributed by atoms with Crippen molar-refractivity contribution in [2.75, 3.05) is 0 Å².